The maximum atomic E-state index is 10.5. The first-order valence-electron chi connectivity index (χ1n) is 4.73. The van der Waals surface area contributed by atoms with Gasteiger partial charge in [-0.15, -0.1) is 0 Å². The van der Waals surface area contributed by atoms with Crippen LogP contribution in [0.3, 0.4) is 0 Å². The molecule has 1 aromatic carbocycles. The van der Waals surface area contributed by atoms with E-state index in [0.29, 0.717) is 21.7 Å². The Kier molecular flexibility index (Phi) is 3.35. The summed E-state index contributed by atoms with van der Waals surface area (Å²) in [6.45, 7) is 0.0808. The molecule has 0 spiro atoms. The van der Waals surface area contributed by atoms with Crippen LogP contribution in [0.15, 0.2) is 23.2 Å². The van der Waals surface area contributed by atoms with Gasteiger partial charge in [0.1, 0.15) is 6.54 Å². The van der Waals surface area contributed by atoms with Crippen molar-refractivity contribution in [3.63, 3.8) is 0 Å². The molecule has 1 atom stereocenters. The Morgan fingerprint density at radius 2 is 2.12 bits per heavy atom. The molecule has 0 aliphatic carbocycles. The molecule has 1 aliphatic heterocycles. The summed E-state index contributed by atoms with van der Waals surface area (Å²) < 4.78 is 0. The summed E-state index contributed by atoms with van der Waals surface area (Å²) in [5, 5.41) is 16.8. The number of para-hydroxylation sites is 1. The fourth-order valence-corrected chi connectivity index (χ4v) is 1.85. The molecule has 2 rings (SSSR count). The van der Waals surface area contributed by atoms with Crippen LogP contribution in [0.2, 0.25) is 10.0 Å². The van der Waals surface area contributed by atoms with E-state index in [-0.39, 0.29) is 6.54 Å². The minimum absolute atomic E-state index is 0.0808. The quantitative estimate of drug-likeness (QED) is 0.638. The van der Waals surface area contributed by atoms with Crippen molar-refractivity contribution >= 4 is 34.8 Å². The Morgan fingerprint density at radius 3 is 2.65 bits per heavy atom. The average Bonchev–Trinajstić information content (AvgIpc) is 2.72. The van der Waals surface area contributed by atoms with Crippen molar-refractivity contribution in [2.24, 2.45) is 4.99 Å². The number of nitro groups is 1. The van der Waals surface area contributed by atoms with Crippen LogP contribution in [-0.4, -0.2) is 23.6 Å². The van der Waals surface area contributed by atoms with E-state index >= 15 is 0 Å². The Morgan fingerprint density at radius 1 is 1.47 bits per heavy atom. The number of benzene rings is 1. The van der Waals surface area contributed by atoms with Crippen molar-refractivity contribution in [3.8, 4) is 0 Å². The van der Waals surface area contributed by atoms with E-state index in [1.807, 2.05) is 0 Å². The van der Waals surface area contributed by atoms with Gasteiger partial charge in [0.15, 0.2) is 0 Å². The fraction of sp³-hybridized carbons (Fsp3) is 0.222. The second-order valence-electron chi connectivity index (χ2n) is 3.36. The molecule has 0 aromatic heterocycles. The van der Waals surface area contributed by atoms with Crippen LogP contribution in [0, 0.1) is 10.1 Å². The van der Waals surface area contributed by atoms with E-state index in [1.54, 1.807) is 18.2 Å². The number of hydrogen-bond donors (Lipinski definition) is 2. The monoisotopic (exact) mass is 274 g/mol. The zero-order valence-corrected chi connectivity index (χ0v) is 10.00. The Bertz CT molecular complexity index is 472. The van der Waals surface area contributed by atoms with Gasteiger partial charge in [-0.1, -0.05) is 29.3 Å². The summed E-state index contributed by atoms with van der Waals surface area (Å²) in [7, 11) is 0. The van der Waals surface area contributed by atoms with Crippen LogP contribution >= 0.6 is 23.2 Å². The van der Waals surface area contributed by atoms with Gasteiger partial charge in [-0.25, -0.2) is 4.99 Å². The smallest absolute Gasteiger partial charge is 0.306 e. The normalized spacial score (nSPS) is 18.5. The molecule has 0 amide bonds. The van der Waals surface area contributed by atoms with E-state index in [9.17, 15) is 10.1 Å². The predicted octanol–water partition coefficient (Wildman–Crippen LogP) is 1.97. The molecule has 6 nitrogen and oxygen atoms in total. The molecule has 0 fully saturated rings. The van der Waals surface area contributed by atoms with Crippen molar-refractivity contribution in [1.29, 1.82) is 0 Å². The number of anilines is 1. The highest BCUT2D eigenvalue weighted by molar-refractivity contribution is 6.39. The van der Waals surface area contributed by atoms with Gasteiger partial charge in [-0.3, -0.25) is 15.4 Å². The first kappa shape index (κ1) is 11.9. The highest BCUT2D eigenvalue weighted by Crippen LogP contribution is 2.29. The van der Waals surface area contributed by atoms with Crippen LogP contribution in [0.5, 0.6) is 0 Å². The number of hydrogen-bond acceptors (Lipinski definition) is 5. The van der Waals surface area contributed by atoms with Crippen LogP contribution in [0.1, 0.15) is 0 Å². The summed E-state index contributed by atoms with van der Waals surface area (Å²) in [4.78, 5) is 14.0. The molecule has 2 N–H and O–H groups in total. The maximum Gasteiger partial charge on any atom is 0.306 e. The second kappa shape index (κ2) is 4.77. The van der Waals surface area contributed by atoms with Crippen molar-refractivity contribution < 1.29 is 4.92 Å². The number of guanidine groups is 1. The molecule has 17 heavy (non-hydrogen) atoms. The molecular formula is C9H8Cl2N4O2. The van der Waals surface area contributed by atoms with Crippen LogP contribution in [0.25, 0.3) is 0 Å². The zero-order chi connectivity index (χ0) is 12.4. The number of nitrogens with one attached hydrogen (secondary N) is 2. The van der Waals surface area contributed by atoms with Crippen LogP contribution in [0.4, 0.5) is 5.69 Å². The van der Waals surface area contributed by atoms with Gasteiger partial charge in [0.25, 0.3) is 0 Å². The summed E-state index contributed by atoms with van der Waals surface area (Å²) in [5.74, 6) is 0.293. The van der Waals surface area contributed by atoms with E-state index in [1.165, 1.54) is 0 Å². The first-order chi connectivity index (χ1) is 8.08. The molecule has 0 radical (unpaired) electrons. The lowest BCUT2D eigenvalue weighted by molar-refractivity contribution is -0.521. The molecule has 1 aromatic rings. The summed E-state index contributed by atoms with van der Waals surface area (Å²) >= 11 is 11.9. The highest BCUT2D eigenvalue weighted by Gasteiger charge is 2.27. The Balaban J connectivity index is 2.11. The number of nitrogens with zero attached hydrogens (tertiary/aromatic N) is 2. The van der Waals surface area contributed by atoms with Crippen LogP contribution < -0.4 is 10.6 Å². The van der Waals surface area contributed by atoms with Gasteiger partial charge in [0.05, 0.1) is 15.7 Å². The average molecular weight is 275 g/mol. The zero-order valence-electron chi connectivity index (χ0n) is 8.48. The summed E-state index contributed by atoms with van der Waals surface area (Å²) in [5.41, 5.74) is 0.478. The third-order valence-electron chi connectivity index (χ3n) is 2.19. The number of aliphatic imine (C=N–C) groups is 1. The molecular weight excluding hydrogens is 267 g/mol. The van der Waals surface area contributed by atoms with Gasteiger partial charge < -0.3 is 5.32 Å². The third-order valence-corrected chi connectivity index (χ3v) is 2.82. The molecule has 0 saturated heterocycles. The predicted molar refractivity (Wildman–Crippen MR) is 66.3 cm³/mol. The van der Waals surface area contributed by atoms with E-state index in [0.717, 1.165) is 0 Å². The third kappa shape index (κ3) is 2.59. The van der Waals surface area contributed by atoms with Gasteiger partial charge >= 0.3 is 6.17 Å². The summed E-state index contributed by atoms with van der Waals surface area (Å²) in [6.07, 6.45) is -0.904. The molecule has 0 saturated carbocycles. The van der Waals surface area contributed by atoms with Crippen molar-refractivity contribution in [2.45, 2.75) is 6.17 Å². The van der Waals surface area contributed by atoms with Crippen molar-refractivity contribution in [3.05, 3.63) is 38.4 Å². The number of rotatable bonds is 2. The summed E-state index contributed by atoms with van der Waals surface area (Å²) in [6, 6.07) is 5.03. The molecule has 0 bridgehead atoms. The lowest BCUT2D eigenvalue weighted by atomic mass is 10.3. The lowest BCUT2D eigenvalue weighted by Gasteiger charge is -2.10. The standard InChI is InChI=1S/C9H8Cl2N4O2/c10-5-2-1-3-6(11)8(5)14-9-12-4-7(13-9)15(16)17/h1-3,7H,4H2,(H2,12,13,14). The van der Waals surface area contributed by atoms with Gasteiger partial charge in [0, 0.05) is 4.92 Å². The molecule has 1 heterocycles. The Labute approximate surface area is 107 Å². The molecule has 8 heteroatoms. The molecule has 1 aliphatic rings. The maximum absolute atomic E-state index is 10.5. The molecule has 1 unspecified atom stereocenters. The SMILES string of the molecule is O=[N+]([O-])C1CN=C(Nc2c(Cl)cccc2Cl)N1. The largest absolute Gasteiger partial charge is 0.324 e. The van der Waals surface area contributed by atoms with E-state index < -0.39 is 11.1 Å². The topological polar surface area (TPSA) is 79.6 Å². The first-order valence-corrected chi connectivity index (χ1v) is 5.49. The van der Waals surface area contributed by atoms with Gasteiger partial charge in [-0.05, 0) is 12.1 Å². The van der Waals surface area contributed by atoms with Crippen molar-refractivity contribution in [2.75, 3.05) is 11.9 Å². The van der Waals surface area contributed by atoms with Gasteiger partial charge in [-0.2, -0.15) is 0 Å². The Hall–Kier alpha value is -1.53. The van der Waals surface area contributed by atoms with Crippen molar-refractivity contribution in [1.82, 2.24) is 5.32 Å². The van der Waals surface area contributed by atoms with E-state index in [4.69, 9.17) is 23.2 Å². The number of halogens is 2. The van der Waals surface area contributed by atoms with Crippen LogP contribution in [-0.2, 0) is 0 Å². The second-order valence-corrected chi connectivity index (χ2v) is 4.17. The minimum Gasteiger partial charge on any atom is -0.324 e. The molecule has 90 valence electrons. The minimum atomic E-state index is -0.904. The highest BCUT2D eigenvalue weighted by atomic mass is 35.5. The lowest BCUT2D eigenvalue weighted by Crippen LogP contribution is -2.39. The van der Waals surface area contributed by atoms with Gasteiger partial charge in [0.2, 0.25) is 5.96 Å². The fourth-order valence-electron chi connectivity index (χ4n) is 1.36. The van der Waals surface area contributed by atoms with E-state index in [2.05, 4.69) is 15.6 Å².